The van der Waals surface area contributed by atoms with E-state index in [0.717, 1.165) is 31.5 Å². The van der Waals surface area contributed by atoms with E-state index in [4.69, 9.17) is 0 Å². The topological polar surface area (TPSA) is 33.5 Å². The zero-order valence-electron chi connectivity index (χ0n) is 18.2. The van der Waals surface area contributed by atoms with E-state index in [-0.39, 0.29) is 11.9 Å². The van der Waals surface area contributed by atoms with E-state index >= 15 is 0 Å². The van der Waals surface area contributed by atoms with Crippen LogP contribution >= 0.6 is 0 Å². The Morgan fingerprint density at radius 1 is 0.742 bits per heavy atom. The van der Waals surface area contributed by atoms with Crippen LogP contribution in [-0.4, -0.2) is 11.9 Å². The molecule has 1 unspecified atom stereocenters. The van der Waals surface area contributed by atoms with Crippen LogP contribution in [0.4, 0.5) is 0 Å². The molecule has 3 nitrogen and oxygen atoms in total. The highest BCUT2D eigenvalue weighted by Crippen LogP contribution is 2.19. The van der Waals surface area contributed by atoms with Gasteiger partial charge >= 0.3 is 0 Å². The van der Waals surface area contributed by atoms with Crippen molar-refractivity contribution in [2.75, 3.05) is 0 Å². The molecule has 1 amide bonds. The highest BCUT2D eigenvalue weighted by atomic mass is 16.2. The van der Waals surface area contributed by atoms with Crippen LogP contribution in [0.2, 0.25) is 0 Å². The lowest BCUT2D eigenvalue weighted by Crippen LogP contribution is -3.11. The highest BCUT2D eigenvalue weighted by molar-refractivity contribution is 5.82. The Morgan fingerprint density at radius 2 is 1.23 bits per heavy atom. The lowest BCUT2D eigenvalue weighted by molar-refractivity contribution is -0.949. The third-order valence-electron chi connectivity index (χ3n) is 6.30. The van der Waals surface area contributed by atoms with Crippen molar-refractivity contribution in [1.82, 2.24) is 5.32 Å². The smallest absolute Gasteiger partial charge is 0.283 e. The van der Waals surface area contributed by atoms with E-state index in [1.165, 1.54) is 35.3 Å². The molecule has 2 N–H and O–H groups in total. The Labute approximate surface area is 186 Å². The maximum absolute atomic E-state index is 13.7. The number of amides is 1. The van der Waals surface area contributed by atoms with Crippen LogP contribution in [0, 0.1) is 0 Å². The van der Waals surface area contributed by atoms with Gasteiger partial charge in [0.2, 0.25) is 0 Å². The number of benzene rings is 3. The predicted molar refractivity (Wildman–Crippen MR) is 125 cm³/mol. The standard InChI is InChI=1S/C28H32N2O/c31-28(29-26-19-11-4-12-20-26)27(25-17-9-3-10-18-25)30(21-23-13-5-1-6-14-23)22-24-15-7-2-8-16-24/h1-3,5-10,13-18,26-27H,4,11-12,19-22H2,(H,29,31)/p+1. The fraction of sp³-hybridized carbons (Fsp3) is 0.321. The van der Waals surface area contributed by atoms with Gasteiger partial charge in [0.15, 0.2) is 6.04 Å². The number of carbonyl (C=O) groups is 1. The van der Waals surface area contributed by atoms with Crippen molar-refractivity contribution in [2.45, 2.75) is 57.3 Å². The zero-order chi connectivity index (χ0) is 21.3. The third kappa shape index (κ3) is 6.05. The molecule has 1 atom stereocenters. The van der Waals surface area contributed by atoms with Crippen LogP contribution in [-0.2, 0) is 17.9 Å². The largest absolute Gasteiger partial charge is 0.348 e. The van der Waals surface area contributed by atoms with E-state index in [1.54, 1.807) is 0 Å². The SMILES string of the molecule is O=C(NC1CCCCC1)C(c1ccccc1)[NH+](Cc1ccccc1)Cc1ccccc1. The molecule has 0 radical (unpaired) electrons. The molecule has 4 rings (SSSR count). The van der Waals surface area contributed by atoms with Gasteiger partial charge in [0.25, 0.3) is 5.91 Å². The summed E-state index contributed by atoms with van der Waals surface area (Å²) in [5.74, 6) is 0.153. The van der Waals surface area contributed by atoms with Crippen LogP contribution < -0.4 is 10.2 Å². The molecule has 3 heteroatoms. The normalized spacial score (nSPS) is 15.5. The van der Waals surface area contributed by atoms with Gasteiger partial charge in [0, 0.05) is 22.7 Å². The van der Waals surface area contributed by atoms with Crippen molar-refractivity contribution in [3.63, 3.8) is 0 Å². The molecule has 1 aliphatic carbocycles. The molecule has 3 aromatic rings. The third-order valence-corrected chi connectivity index (χ3v) is 6.30. The van der Waals surface area contributed by atoms with Crippen molar-refractivity contribution in [3.05, 3.63) is 108 Å². The monoisotopic (exact) mass is 413 g/mol. The fourth-order valence-electron chi connectivity index (χ4n) is 4.73. The number of carbonyl (C=O) groups excluding carboxylic acids is 1. The van der Waals surface area contributed by atoms with Crippen molar-refractivity contribution < 1.29 is 9.69 Å². The first-order valence-electron chi connectivity index (χ1n) is 11.6. The maximum atomic E-state index is 13.7. The highest BCUT2D eigenvalue weighted by Gasteiger charge is 2.33. The molecule has 0 aromatic heterocycles. The quantitative estimate of drug-likeness (QED) is 0.562. The van der Waals surface area contributed by atoms with Gasteiger partial charge in [-0.05, 0) is 12.8 Å². The molecule has 160 valence electrons. The molecule has 0 heterocycles. The van der Waals surface area contributed by atoms with Crippen molar-refractivity contribution in [1.29, 1.82) is 0 Å². The number of hydrogen-bond acceptors (Lipinski definition) is 1. The van der Waals surface area contributed by atoms with Gasteiger partial charge in [-0.3, -0.25) is 4.79 Å². The summed E-state index contributed by atoms with van der Waals surface area (Å²) >= 11 is 0. The minimum atomic E-state index is -0.247. The predicted octanol–water partition coefficient (Wildman–Crippen LogP) is 4.46. The molecule has 0 spiro atoms. The average Bonchev–Trinajstić information content (AvgIpc) is 2.82. The van der Waals surface area contributed by atoms with Crippen LogP contribution in [0.5, 0.6) is 0 Å². The first-order chi connectivity index (χ1) is 15.3. The van der Waals surface area contributed by atoms with Gasteiger partial charge < -0.3 is 10.2 Å². The summed E-state index contributed by atoms with van der Waals surface area (Å²) in [6.45, 7) is 1.60. The molecule has 0 aliphatic heterocycles. The summed E-state index contributed by atoms with van der Waals surface area (Å²) in [6, 6.07) is 31.4. The second-order valence-corrected chi connectivity index (χ2v) is 8.67. The lowest BCUT2D eigenvalue weighted by atomic mass is 9.94. The molecular weight excluding hydrogens is 380 g/mol. The van der Waals surface area contributed by atoms with E-state index in [9.17, 15) is 4.79 Å². The van der Waals surface area contributed by atoms with E-state index in [1.807, 2.05) is 30.3 Å². The van der Waals surface area contributed by atoms with Crippen molar-refractivity contribution in [2.24, 2.45) is 0 Å². The summed E-state index contributed by atoms with van der Waals surface area (Å²) in [5, 5.41) is 3.41. The van der Waals surface area contributed by atoms with Crippen LogP contribution in [0.15, 0.2) is 91.0 Å². The Morgan fingerprint density at radius 3 is 1.74 bits per heavy atom. The van der Waals surface area contributed by atoms with Gasteiger partial charge in [-0.25, -0.2) is 0 Å². The Hall–Kier alpha value is -2.91. The minimum Gasteiger partial charge on any atom is -0.348 e. The molecule has 1 fully saturated rings. The Kier molecular flexibility index (Phi) is 7.51. The second-order valence-electron chi connectivity index (χ2n) is 8.67. The Balaban J connectivity index is 1.65. The van der Waals surface area contributed by atoms with Gasteiger partial charge in [0.05, 0.1) is 0 Å². The first-order valence-corrected chi connectivity index (χ1v) is 11.6. The van der Waals surface area contributed by atoms with Gasteiger partial charge in [-0.15, -0.1) is 0 Å². The summed E-state index contributed by atoms with van der Waals surface area (Å²) in [7, 11) is 0. The summed E-state index contributed by atoms with van der Waals surface area (Å²) < 4.78 is 0. The lowest BCUT2D eigenvalue weighted by Gasteiger charge is -2.31. The number of hydrogen-bond donors (Lipinski definition) is 2. The minimum absolute atomic E-state index is 0.153. The Bertz CT molecular complexity index is 880. The van der Waals surface area contributed by atoms with E-state index < -0.39 is 0 Å². The fourth-order valence-corrected chi connectivity index (χ4v) is 4.73. The van der Waals surface area contributed by atoms with Crippen LogP contribution in [0.3, 0.4) is 0 Å². The number of quaternary nitrogens is 1. The molecule has 1 aliphatic rings. The van der Waals surface area contributed by atoms with Crippen molar-refractivity contribution >= 4 is 5.91 Å². The summed E-state index contributed by atoms with van der Waals surface area (Å²) in [5.41, 5.74) is 3.58. The van der Waals surface area contributed by atoms with Gasteiger partial charge in [0.1, 0.15) is 13.1 Å². The second kappa shape index (κ2) is 10.9. The van der Waals surface area contributed by atoms with Crippen LogP contribution in [0.1, 0.15) is 54.8 Å². The first kappa shape index (κ1) is 21.3. The van der Waals surface area contributed by atoms with Gasteiger partial charge in [-0.1, -0.05) is 110 Å². The molecule has 1 saturated carbocycles. The maximum Gasteiger partial charge on any atom is 0.283 e. The number of nitrogens with one attached hydrogen (secondary N) is 2. The van der Waals surface area contributed by atoms with E-state index in [2.05, 4.69) is 66.0 Å². The van der Waals surface area contributed by atoms with Crippen molar-refractivity contribution in [3.8, 4) is 0 Å². The summed E-state index contributed by atoms with van der Waals surface area (Å²) in [4.78, 5) is 14.9. The van der Waals surface area contributed by atoms with Crippen LogP contribution in [0.25, 0.3) is 0 Å². The molecule has 31 heavy (non-hydrogen) atoms. The molecular formula is C28H33N2O+. The van der Waals surface area contributed by atoms with E-state index in [0.29, 0.717) is 6.04 Å². The van der Waals surface area contributed by atoms with Gasteiger partial charge in [-0.2, -0.15) is 0 Å². The molecule has 0 bridgehead atoms. The summed E-state index contributed by atoms with van der Waals surface area (Å²) in [6.07, 6.45) is 5.91. The average molecular weight is 414 g/mol. The molecule has 0 saturated heterocycles. The zero-order valence-corrected chi connectivity index (χ0v) is 18.2. The number of rotatable bonds is 8. The molecule has 3 aromatic carbocycles.